The molecule has 80 valence electrons. The molecule has 4 nitrogen and oxygen atoms in total. The third-order valence-electron chi connectivity index (χ3n) is 1.46. The molecule has 0 aliphatic carbocycles. The van der Waals surface area contributed by atoms with Crippen molar-refractivity contribution in [2.75, 3.05) is 0 Å². The monoisotopic (exact) mass is 244 g/mol. The van der Waals surface area contributed by atoms with Gasteiger partial charge in [-0.25, -0.2) is 17.2 Å². The topological polar surface area (TPSA) is 52.0 Å². The first-order valence-corrected chi connectivity index (χ1v) is 5.88. The molecule has 0 N–H and O–H groups in total. The number of hydrogen-bond donors (Lipinski definition) is 0. The summed E-state index contributed by atoms with van der Waals surface area (Å²) in [6.45, 7) is 0.789. The maximum Gasteiger partial charge on any atom is 0.280 e. The van der Waals surface area contributed by atoms with Gasteiger partial charge < -0.3 is 0 Å². The molecule has 0 aromatic carbocycles. The highest BCUT2D eigenvalue weighted by atomic mass is 35.7. The molecule has 1 heterocycles. The van der Waals surface area contributed by atoms with E-state index in [9.17, 15) is 17.2 Å². The second-order valence-corrected chi connectivity index (χ2v) is 5.15. The van der Waals surface area contributed by atoms with Gasteiger partial charge in [-0.05, 0) is 6.92 Å². The van der Waals surface area contributed by atoms with Gasteiger partial charge in [0, 0.05) is 22.4 Å². The lowest BCUT2D eigenvalue weighted by Gasteiger charge is -1.97. The Labute approximate surface area is 83.9 Å². The number of halogens is 3. The minimum atomic E-state index is -3.95. The van der Waals surface area contributed by atoms with Gasteiger partial charge >= 0.3 is 0 Å². The largest absolute Gasteiger partial charge is 0.280 e. The fourth-order valence-corrected chi connectivity index (χ4v) is 2.08. The number of aryl methyl sites for hydroxylation is 1. The van der Waals surface area contributed by atoms with Crippen molar-refractivity contribution < 1.29 is 17.2 Å². The van der Waals surface area contributed by atoms with Gasteiger partial charge in [-0.1, -0.05) is 0 Å². The molecule has 0 bridgehead atoms. The van der Waals surface area contributed by atoms with Gasteiger partial charge in [0.2, 0.25) is 0 Å². The summed E-state index contributed by atoms with van der Waals surface area (Å²) in [4.78, 5) is 0. The van der Waals surface area contributed by atoms with E-state index >= 15 is 0 Å². The zero-order valence-corrected chi connectivity index (χ0v) is 8.69. The summed E-state index contributed by atoms with van der Waals surface area (Å²) in [5.74, 6) is 0. The predicted molar refractivity (Wildman–Crippen MR) is 46.0 cm³/mol. The van der Waals surface area contributed by atoms with E-state index in [-0.39, 0.29) is 10.6 Å². The van der Waals surface area contributed by atoms with Crippen LogP contribution in [0.4, 0.5) is 8.78 Å². The van der Waals surface area contributed by atoms with Crippen molar-refractivity contribution in [2.45, 2.75) is 24.9 Å². The Kier molecular flexibility index (Phi) is 3.10. The van der Waals surface area contributed by atoms with Crippen LogP contribution in [0.25, 0.3) is 0 Å². The Morgan fingerprint density at radius 2 is 2.21 bits per heavy atom. The summed E-state index contributed by atoms with van der Waals surface area (Å²) in [5.41, 5.74) is 0.251. The van der Waals surface area contributed by atoms with E-state index in [1.54, 1.807) is 0 Å². The van der Waals surface area contributed by atoms with Crippen LogP contribution < -0.4 is 0 Å². The van der Waals surface area contributed by atoms with Crippen LogP contribution in [-0.4, -0.2) is 24.6 Å². The second kappa shape index (κ2) is 3.82. The number of alkyl halides is 2. The van der Waals surface area contributed by atoms with E-state index in [0.29, 0.717) is 0 Å². The molecule has 1 rings (SSSR count). The minimum absolute atomic E-state index is 0.251. The van der Waals surface area contributed by atoms with E-state index in [1.807, 2.05) is 0 Å². The van der Waals surface area contributed by atoms with E-state index in [4.69, 9.17) is 10.7 Å². The first-order valence-electron chi connectivity index (χ1n) is 3.57. The van der Waals surface area contributed by atoms with Crippen LogP contribution in [0.3, 0.4) is 0 Å². The highest BCUT2D eigenvalue weighted by Gasteiger charge is 2.19. The first-order chi connectivity index (χ1) is 6.30. The van der Waals surface area contributed by atoms with Crippen LogP contribution >= 0.6 is 10.7 Å². The Hall–Kier alpha value is -0.690. The minimum Gasteiger partial charge on any atom is -0.265 e. The van der Waals surface area contributed by atoms with E-state index in [2.05, 4.69) is 5.10 Å². The Bertz CT molecular complexity index is 429. The number of aromatic nitrogens is 2. The highest BCUT2D eigenvalue weighted by molar-refractivity contribution is 8.13. The van der Waals surface area contributed by atoms with Gasteiger partial charge in [0.1, 0.15) is 6.54 Å². The summed E-state index contributed by atoms with van der Waals surface area (Å²) in [6.07, 6.45) is -1.37. The Morgan fingerprint density at radius 1 is 1.64 bits per heavy atom. The maximum absolute atomic E-state index is 11.9. The maximum atomic E-state index is 11.9. The highest BCUT2D eigenvalue weighted by Crippen LogP contribution is 2.17. The predicted octanol–water partition coefficient (Wildman–Crippen LogP) is 1.38. The number of nitrogens with zero attached hydrogens (tertiary/aromatic N) is 2. The average molecular weight is 245 g/mol. The molecule has 0 spiro atoms. The summed E-state index contributed by atoms with van der Waals surface area (Å²) in [5, 5.41) is 3.06. The lowest BCUT2D eigenvalue weighted by Crippen LogP contribution is -2.07. The van der Waals surface area contributed by atoms with Crippen molar-refractivity contribution in [1.29, 1.82) is 0 Å². The fourth-order valence-electron chi connectivity index (χ4n) is 0.979. The third-order valence-corrected chi connectivity index (χ3v) is 2.76. The molecule has 14 heavy (non-hydrogen) atoms. The molecule has 0 aliphatic heterocycles. The van der Waals surface area contributed by atoms with Crippen LogP contribution in [0.15, 0.2) is 11.2 Å². The third kappa shape index (κ3) is 2.65. The van der Waals surface area contributed by atoms with E-state index in [1.165, 1.54) is 13.1 Å². The average Bonchev–Trinajstić information content (AvgIpc) is 2.27. The fraction of sp³-hybridized carbons (Fsp3) is 0.500. The summed E-state index contributed by atoms with van der Waals surface area (Å²) in [7, 11) is 1.07. The van der Waals surface area contributed by atoms with Gasteiger partial charge in [-0.15, -0.1) is 0 Å². The van der Waals surface area contributed by atoms with Crippen molar-refractivity contribution >= 4 is 19.7 Å². The number of hydrogen-bond acceptors (Lipinski definition) is 3. The zero-order chi connectivity index (χ0) is 10.9. The van der Waals surface area contributed by atoms with Gasteiger partial charge in [-0.2, -0.15) is 5.10 Å². The van der Waals surface area contributed by atoms with E-state index < -0.39 is 22.0 Å². The van der Waals surface area contributed by atoms with Crippen molar-refractivity contribution in [3.63, 3.8) is 0 Å². The van der Waals surface area contributed by atoms with Gasteiger partial charge in [0.05, 0.1) is 0 Å². The van der Waals surface area contributed by atoms with Crippen LogP contribution in [0.1, 0.15) is 5.56 Å². The van der Waals surface area contributed by atoms with Crippen LogP contribution in [-0.2, 0) is 15.6 Å². The normalized spacial score (nSPS) is 12.4. The Balaban J connectivity index is 3.06. The SMILES string of the molecule is Cc1cn(CC(F)F)nc1S(=O)(=O)Cl. The molecule has 0 amide bonds. The quantitative estimate of drug-likeness (QED) is 0.755. The molecule has 0 atom stereocenters. The molecule has 0 saturated heterocycles. The molecule has 0 radical (unpaired) electrons. The van der Waals surface area contributed by atoms with Gasteiger partial charge in [-0.3, -0.25) is 4.68 Å². The Morgan fingerprint density at radius 3 is 2.57 bits per heavy atom. The van der Waals surface area contributed by atoms with Crippen molar-refractivity contribution in [3.8, 4) is 0 Å². The molecule has 1 aromatic rings. The summed E-state index contributed by atoms with van der Waals surface area (Å²) in [6, 6.07) is 0. The molecular formula is C6H7ClF2N2O2S. The summed E-state index contributed by atoms with van der Waals surface area (Å²) >= 11 is 0. The molecule has 0 fully saturated rings. The zero-order valence-electron chi connectivity index (χ0n) is 7.11. The molecule has 0 aliphatic rings. The smallest absolute Gasteiger partial charge is 0.265 e. The van der Waals surface area contributed by atoms with Crippen LogP contribution in [0.2, 0.25) is 0 Å². The van der Waals surface area contributed by atoms with Crippen molar-refractivity contribution in [3.05, 3.63) is 11.8 Å². The molecule has 1 aromatic heterocycles. The molecule has 0 unspecified atom stereocenters. The lowest BCUT2D eigenvalue weighted by atomic mass is 10.4. The second-order valence-electron chi connectivity index (χ2n) is 2.67. The number of rotatable bonds is 3. The van der Waals surface area contributed by atoms with Gasteiger partial charge in [0.25, 0.3) is 15.5 Å². The molecular weight excluding hydrogens is 238 g/mol. The van der Waals surface area contributed by atoms with Crippen LogP contribution in [0.5, 0.6) is 0 Å². The first kappa shape index (κ1) is 11.4. The lowest BCUT2D eigenvalue weighted by molar-refractivity contribution is 0.121. The molecule has 8 heteroatoms. The molecule has 0 saturated carbocycles. The van der Waals surface area contributed by atoms with E-state index in [0.717, 1.165) is 4.68 Å². The van der Waals surface area contributed by atoms with Gasteiger partial charge in [0.15, 0.2) is 5.03 Å². The van der Waals surface area contributed by atoms with Crippen molar-refractivity contribution in [2.24, 2.45) is 0 Å². The standard InChI is InChI=1S/C6H7ClF2N2O2S/c1-4-2-11(3-5(8)9)10-6(4)14(7,12)13/h2,5H,3H2,1H3. The van der Waals surface area contributed by atoms with Crippen molar-refractivity contribution in [1.82, 2.24) is 9.78 Å². The summed E-state index contributed by atoms with van der Waals surface area (Å²) < 4.78 is 46.4. The van der Waals surface area contributed by atoms with Crippen LogP contribution in [0, 0.1) is 6.92 Å².